The molecule has 0 amide bonds. The van der Waals surface area contributed by atoms with Crippen molar-refractivity contribution < 1.29 is 9.47 Å². The van der Waals surface area contributed by atoms with E-state index < -0.39 is 5.59 Å². The summed E-state index contributed by atoms with van der Waals surface area (Å²) in [4.78, 5) is 0. The van der Waals surface area contributed by atoms with Gasteiger partial charge in [-0.05, 0) is 23.8 Å². The molecule has 3 nitrogen and oxygen atoms in total. The lowest BCUT2D eigenvalue weighted by molar-refractivity contribution is 0.0833. The van der Waals surface area contributed by atoms with Gasteiger partial charge in [0.15, 0.2) is 32.8 Å². The maximum Gasteiger partial charge on any atom is 0.197 e. The highest BCUT2D eigenvalue weighted by Gasteiger charge is 2.36. The minimum atomic E-state index is -0.571. The van der Waals surface area contributed by atoms with Gasteiger partial charge in [0.1, 0.15) is 39.2 Å². The molecule has 1 heterocycles. The average molecular weight is 290 g/mol. The van der Waals surface area contributed by atoms with Crippen molar-refractivity contribution in [2.75, 3.05) is 0 Å². The molecule has 10 heteroatoms. The van der Waals surface area contributed by atoms with Crippen molar-refractivity contribution in [3.8, 4) is 11.5 Å². The Hall–Kier alpha value is -0.765. The fourth-order valence-electron chi connectivity index (χ4n) is 3.14. The fraction of sp³-hybridized carbons (Fsp3) is 0.500. The molecular formula is C12H24B7NO2. The van der Waals surface area contributed by atoms with Crippen LogP contribution in [0.3, 0.4) is 0 Å². The minimum absolute atomic E-state index is 0.00710. The molecule has 0 aromatic heterocycles. The van der Waals surface area contributed by atoms with Crippen molar-refractivity contribution in [1.82, 2.24) is 5.32 Å². The van der Waals surface area contributed by atoms with E-state index in [0.29, 0.717) is 6.04 Å². The van der Waals surface area contributed by atoms with E-state index in [1.165, 1.54) is 5.56 Å². The maximum absolute atomic E-state index is 5.90. The van der Waals surface area contributed by atoms with Crippen molar-refractivity contribution in [1.29, 1.82) is 0 Å². The zero-order valence-electron chi connectivity index (χ0n) is 15.3. The topological polar surface area (TPSA) is 30.5 Å². The lowest BCUT2D eigenvalue weighted by atomic mass is 9.44. The minimum Gasteiger partial charge on any atom is -0.467 e. The van der Waals surface area contributed by atoms with E-state index >= 15 is 0 Å². The van der Waals surface area contributed by atoms with Gasteiger partial charge in [0.05, 0.1) is 0 Å². The molecule has 110 valence electrons. The van der Waals surface area contributed by atoms with Crippen LogP contribution in [0.4, 0.5) is 0 Å². The van der Waals surface area contributed by atoms with Crippen molar-refractivity contribution in [3.63, 3.8) is 0 Å². The number of rotatable bonds is 5. The third kappa shape index (κ3) is 3.76. The van der Waals surface area contributed by atoms with E-state index in [-0.39, 0.29) is 10.5 Å². The first-order chi connectivity index (χ1) is 9.94. The second kappa shape index (κ2) is 5.70. The van der Waals surface area contributed by atoms with Crippen molar-refractivity contribution >= 4 is 54.9 Å². The zero-order chi connectivity index (χ0) is 16.8. The molecule has 1 aliphatic heterocycles. The molecule has 1 unspecified atom stereocenters. The van der Waals surface area contributed by atoms with Crippen LogP contribution in [-0.4, -0.2) is 71.8 Å². The normalized spacial score (nSPS) is 18.0. The van der Waals surface area contributed by atoms with Crippen molar-refractivity contribution in [3.05, 3.63) is 23.8 Å². The fourth-order valence-corrected chi connectivity index (χ4v) is 3.14. The third-order valence-corrected chi connectivity index (χ3v) is 4.29. The Morgan fingerprint density at radius 3 is 2.23 bits per heavy atom. The largest absolute Gasteiger partial charge is 0.467 e. The van der Waals surface area contributed by atoms with Crippen LogP contribution in [-0.2, 0) is 5.21 Å². The molecule has 1 atom stereocenters. The molecule has 0 aliphatic carbocycles. The zero-order valence-corrected chi connectivity index (χ0v) is 15.3. The van der Waals surface area contributed by atoms with Crippen LogP contribution in [0.15, 0.2) is 18.2 Å². The highest BCUT2D eigenvalue weighted by atomic mass is 16.7. The van der Waals surface area contributed by atoms with Gasteiger partial charge in [0, 0.05) is 6.04 Å². The van der Waals surface area contributed by atoms with Crippen LogP contribution < -0.4 is 14.8 Å². The first-order valence-electron chi connectivity index (χ1n) is 8.25. The molecule has 0 saturated carbocycles. The Kier molecular flexibility index (Phi) is 4.56. The molecule has 0 fully saturated rings. The smallest absolute Gasteiger partial charge is 0.197 e. The summed E-state index contributed by atoms with van der Waals surface area (Å²) >= 11 is 0. The summed E-state index contributed by atoms with van der Waals surface area (Å²) in [6.07, 6.45) is 1.07. The summed E-state index contributed by atoms with van der Waals surface area (Å²) in [5, 5.41) is 3.86. The standard InChI is InChI=1S/C12H24B7NO2/c1-2-9(20-11(15,16)17)10(13,14)6-3-4-7-8(5-6)22-12(18,19)21-7/h3-5,9,20H,2,13-19H2,1H3. The van der Waals surface area contributed by atoms with Crippen LogP contribution in [0.5, 0.6) is 11.5 Å². The molecule has 1 aromatic rings. The molecule has 22 heavy (non-hydrogen) atoms. The van der Waals surface area contributed by atoms with Crippen LogP contribution in [0.1, 0.15) is 18.9 Å². The van der Waals surface area contributed by atoms with Crippen LogP contribution in [0.25, 0.3) is 0 Å². The van der Waals surface area contributed by atoms with E-state index in [1.54, 1.807) is 0 Å². The number of fused-ring (bicyclic) bond motifs is 1. The van der Waals surface area contributed by atoms with Gasteiger partial charge in [-0.2, -0.15) is 0 Å². The molecule has 1 N–H and O–H groups in total. The summed E-state index contributed by atoms with van der Waals surface area (Å²) in [6, 6.07) is 6.72. The summed E-state index contributed by atoms with van der Waals surface area (Å²) in [6.45, 7) is 2.24. The molecular weight excluding hydrogens is 266 g/mol. The molecule has 0 spiro atoms. The predicted octanol–water partition coefficient (Wildman–Crippen LogP) is -5.37. The molecule has 1 aromatic carbocycles. The SMILES string of the molecule is BC(B)(B)NC(CC)C(B)(B)c1ccc2c(c1)OC(B)(B)O2. The van der Waals surface area contributed by atoms with Gasteiger partial charge in [-0.3, -0.25) is 0 Å². The first kappa shape index (κ1) is 17.6. The Bertz CT molecular complexity index is 559. The lowest BCUT2D eigenvalue weighted by Gasteiger charge is -2.40. The predicted molar refractivity (Wildman–Crippen MR) is 112 cm³/mol. The van der Waals surface area contributed by atoms with Gasteiger partial charge in [0.25, 0.3) is 0 Å². The number of hydrogen-bond acceptors (Lipinski definition) is 3. The van der Waals surface area contributed by atoms with Crippen molar-refractivity contribution in [2.24, 2.45) is 0 Å². The highest BCUT2D eigenvalue weighted by molar-refractivity contribution is 6.59. The Morgan fingerprint density at radius 1 is 1.09 bits per heavy atom. The van der Waals surface area contributed by atoms with Gasteiger partial charge >= 0.3 is 0 Å². The van der Waals surface area contributed by atoms with E-state index in [0.717, 1.165) is 17.9 Å². The molecule has 1 aliphatic rings. The van der Waals surface area contributed by atoms with Crippen molar-refractivity contribution in [2.45, 2.75) is 35.4 Å². The first-order valence-corrected chi connectivity index (χ1v) is 8.25. The van der Waals surface area contributed by atoms with Gasteiger partial charge in [-0.1, -0.05) is 23.8 Å². The Balaban J connectivity index is 2.30. The van der Waals surface area contributed by atoms with Crippen LogP contribution >= 0.6 is 0 Å². The number of hydrogen-bond donors (Lipinski definition) is 1. The van der Waals surface area contributed by atoms with Crippen LogP contribution in [0.2, 0.25) is 0 Å². The third-order valence-electron chi connectivity index (χ3n) is 4.29. The monoisotopic (exact) mass is 291 g/mol. The summed E-state index contributed by atoms with van der Waals surface area (Å²) in [7, 11) is 15.1. The molecule has 0 saturated heterocycles. The second-order valence-corrected chi connectivity index (χ2v) is 8.34. The number of benzene rings is 1. The Morgan fingerprint density at radius 2 is 1.68 bits per heavy atom. The Labute approximate surface area is 140 Å². The van der Waals surface area contributed by atoms with Gasteiger partial charge in [-0.25, -0.2) is 0 Å². The van der Waals surface area contributed by atoms with Gasteiger partial charge < -0.3 is 14.8 Å². The summed E-state index contributed by atoms with van der Waals surface area (Å²) in [5.41, 5.74) is 0.704. The second-order valence-electron chi connectivity index (χ2n) is 8.34. The number of ether oxygens (including phenoxy) is 2. The van der Waals surface area contributed by atoms with Gasteiger partial charge in [-0.15, -0.1) is 0 Å². The maximum atomic E-state index is 5.90. The van der Waals surface area contributed by atoms with E-state index in [4.69, 9.17) is 9.47 Å². The van der Waals surface area contributed by atoms with E-state index in [9.17, 15) is 0 Å². The molecule has 0 bridgehead atoms. The summed E-state index contributed by atoms with van der Waals surface area (Å²) in [5.74, 6) is 1.68. The quantitative estimate of drug-likeness (QED) is 0.549. The van der Waals surface area contributed by atoms with Gasteiger partial charge in [0.2, 0.25) is 0 Å². The molecule has 0 radical (unpaired) electrons. The number of nitrogens with one attached hydrogen (secondary N) is 1. The average Bonchev–Trinajstić information content (AvgIpc) is 2.67. The van der Waals surface area contributed by atoms with Crippen LogP contribution in [0, 0.1) is 0 Å². The molecule has 2 rings (SSSR count). The summed E-state index contributed by atoms with van der Waals surface area (Å²) < 4.78 is 11.7. The van der Waals surface area contributed by atoms with E-state index in [1.807, 2.05) is 21.8 Å². The highest BCUT2D eigenvalue weighted by Crippen LogP contribution is 2.40. The lowest BCUT2D eigenvalue weighted by Crippen LogP contribution is -2.59. The van der Waals surface area contributed by atoms with E-state index in [2.05, 4.69) is 63.6 Å².